The predicted molar refractivity (Wildman–Crippen MR) is 69.4 cm³/mol. The van der Waals surface area contributed by atoms with Gasteiger partial charge in [0, 0.05) is 5.56 Å². The third-order valence-electron chi connectivity index (χ3n) is 2.54. The van der Waals surface area contributed by atoms with Crippen molar-refractivity contribution in [3.8, 4) is 22.6 Å². The molecule has 0 fully saturated rings. The SMILES string of the molecule is COc1ccc(-c2cc(N)nnc2N)cc1OC. The van der Waals surface area contributed by atoms with Crippen LogP contribution in [0, 0.1) is 0 Å². The number of benzene rings is 1. The van der Waals surface area contributed by atoms with Crippen LogP contribution in [-0.2, 0) is 0 Å². The number of aromatic nitrogens is 2. The van der Waals surface area contributed by atoms with Gasteiger partial charge < -0.3 is 20.9 Å². The molecule has 1 aromatic carbocycles. The van der Waals surface area contributed by atoms with Crippen molar-refractivity contribution in [2.75, 3.05) is 25.7 Å². The van der Waals surface area contributed by atoms with Gasteiger partial charge >= 0.3 is 0 Å². The van der Waals surface area contributed by atoms with Crippen molar-refractivity contribution in [2.24, 2.45) is 0 Å². The average molecular weight is 246 g/mol. The van der Waals surface area contributed by atoms with E-state index >= 15 is 0 Å². The molecule has 1 aromatic heterocycles. The molecule has 4 N–H and O–H groups in total. The number of anilines is 2. The Balaban J connectivity index is 2.54. The summed E-state index contributed by atoms with van der Waals surface area (Å²) >= 11 is 0. The lowest BCUT2D eigenvalue weighted by Crippen LogP contribution is -2.00. The molecule has 6 heteroatoms. The van der Waals surface area contributed by atoms with Gasteiger partial charge in [-0.1, -0.05) is 6.07 Å². The van der Waals surface area contributed by atoms with Crippen LogP contribution in [0.5, 0.6) is 11.5 Å². The van der Waals surface area contributed by atoms with E-state index in [1.807, 2.05) is 12.1 Å². The van der Waals surface area contributed by atoms with E-state index in [4.69, 9.17) is 20.9 Å². The summed E-state index contributed by atoms with van der Waals surface area (Å²) in [6, 6.07) is 7.13. The highest BCUT2D eigenvalue weighted by Crippen LogP contribution is 2.34. The molecule has 0 bridgehead atoms. The first kappa shape index (κ1) is 12.0. The van der Waals surface area contributed by atoms with Crippen LogP contribution in [0.4, 0.5) is 11.6 Å². The van der Waals surface area contributed by atoms with Crippen molar-refractivity contribution in [1.29, 1.82) is 0 Å². The smallest absolute Gasteiger partial charge is 0.161 e. The zero-order valence-electron chi connectivity index (χ0n) is 10.2. The molecule has 0 saturated heterocycles. The summed E-state index contributed by atoms with van der Waals surface area (Å²) in [5.41, 5.74) is 12.9. The fourth-order valence-electron chi connectivity index (χ4n) is 1.65. The van der Waals surface area contributed by atoms with E-state index in [2.05, 4.69) is 10.2 Å². The first-order valence-electron chi connectivity index (χ1n) is 5.26. The quantitative estimate of drug-likeness (QED) is 0.848. The lowest BCUT2D eigenvalue weighted by Gasteiger charge is -2.10. The number of rotatable bonds is 3. The standard InChI is InChI=1S/C12H14N4O2/c1-17-9-4-3-7(5-10(9)18-2)8-6-11(13)15-16-12(8)14/h3-6H,1-2H3,(H2,13,15)(H2,14,16). The molecule has 18 heavy (non-hydrogen) atoms. The van der Waals surface area contributed by atoms with Crippen LogP contribution in [0.25, 0.3) is 11.1 Å². The summed E-state index contributed by atoms with van der Waals surface area (Å²) in [4.78, 5) is 0. The van der Waals surface area contributed by atoms with E-state index in [1.165, 1.54) is 0 Å². The zero-order chi connectivity index (χ0) is 13.1. The van der Waals surface area contributed by atoms with E-state index in [0.29, 0.717) is 28.7 Å². The topological polar surface area (TPSA) is 96.3 Å². The second-order valence-electron chi connectivity index (χ2n) is 3.64. The minimum atomic E-state index is 0.314. The normalized spacial score (nSPS) is 10.1. The molecule has 6 nitrogen and oxygen atoms in total. The lowest BCUT2D eigenvalue weighted by atomic mass is 10.1. The number of methoxy groups -OCH3 is 2. The molecule has 0 unspecified atom stereocenters. The minimum Gasteiger partial charge on any atom is -0.493 e. The number of hydrogen-bond donors (Lipinski definition) is 2. The highest BCUT2D eigenvalue weighted by atomic mass is 16.5. The molecular formula is C12H14N4O2. The van der Waals surface area contributed by atoms with Gasteiger partial charge in [0.25, 0.3) is 0 Å². The van der Waals surface area contributed by atoms with Gasteiger partial charge in [0.1, 0.15) is 5.82 Å². The maximum Gasteiger partial charge on any atom is 0.161 e. The summed E-state index contributed by atoms with van der Waals surface area (Å²) in [6.45, 7) is 0. The van der Waals surface area contributed by atoms with Gasteiger partial charge in [-0.2, -0.15) is 0 Å². The Hall–Kier alpha value is -2.50. The highest BCUT2D eigenvalue weighted by molar-refractivity contribution is 5.76. The Kier molecular flexibility index (Phi) is 3.18. The van der Waals surface area contributed by atoms with E-state index in [9.17, 15) is 0 Å². The van der Waals surface area contributed by atoms with Gasteiger partial charge in [-0.05, 0) is 23.8 Å². The van der Waals surface area contributed by atoms with Crippen LogP contribution in [0.1, 0.15) is 0 Å². The molecule has 1 heterocycles. The number of nitrogens with two attached hydrogens (primary N) is 2. The van der Waals surface area contributed by atoms with Crippen LogP contribution in [-0.4, -0.2) is 24.4 Å². The monoisotopic (exact) mass is 246 g/mol. The molecule has 2 aromatic rings. The second-order valence-corrected chi connectivity index (χ2v) is 3.64. The van der Waals surface area contributed by atoms with Gasteiger partial charge in [0.2, 0.25) is 0 Å². The molecular weight excluding hydrogens is 232 g/mol. The van der Waals surface area contributed by atoms with Crippen LogP contribution in [0.2, 0.25) is 0 Å². The molecule has 0 aliphatic carbocycles. The number of nitrogens with zero attached hydrogens (tertiary/aromatic N) is 2. The molecule has 0 atom stereocenters. The molecule has 0 amide bonds. The van der Waals surface area contributed by atoms with Crippen molar-refractivity contribution < 1.29 is 9.47 Å². The maximum atomic E-state index is 5.78. The minimum absolute atomic E-state index is 0.314. The average Bonchev–Trinajstić information content (AvgIpc) is 2.40. The van der Waals surface area contributed by atoms with E-state index in [-0.39, 0.29) is 0 Å². The number of ether oxygens (including phenoxy) is 2. The molecule has 0 spiro atoms. The van der Waals surface area contributed by atoms with Crippen LogP contribution in [0.3, 0.4) is 0 Å². The first-order chi connectivity index (χ1) is 8.65. The van der Waals surface area contributed by atoms with Gasteiger partial charge in [0.15, 0.2) is 17.3 Å². The third kappa shape index (κ3) is 2.13. The van der Waals surface area contributed by atoms with E-state index < -0.39 is 0 Å². The maximum absolute atomic E-state index is 5.78. The second kappa shape index (κ2) is 4.79. The van der Waals surface area contributed by atoms with Crippen molar-refractivity contribution in [3.05, 3.63) is 24.3 Å². The molecule has 2 rings (SSSR count). The Labute approximate surface area is 105 Å². The number of nitrogen functional groups attached to an aromatic ring is 2. The number of hydrogen-bond acceptors (Lipinski definition) is 6. The Bertz CT molecular complexity index is 572. The summed E-state index contributed by atoms with van der Waals surface area (Å²) in [7, 11) is 3.15. The van der Waals surface area contributed by atoms with Crippen LogP contribution < -0.4 is 20.9 Å². The molecule has 0 aliphatic rings. The lowest BCUT2D eigenvalue weighted by molar-refractivity contribution is 0.355. The zero-order valence-corrected chi connectivity index (χ0v) is 10.2. The van der Waals surface area contributed by atoms with Gasteiger partial charge in [-0.15, -0.1) is 10.2 Å². The van der Waals surface area contributed by atoms with Gasteiger partial charge in [0.05, 0.1) is 14.2 Å². The summed E-state index contributed by atoms with van der Waals surface area (Å²) in [5.74, 6) is 1.89. The van der Waals surface area contributed by atoms with Crippen molar-refractivity contribution in [3.63, 3.8) is 0 Å². The van der Waals surface area contributed by atoms with Crippen LogP contribution in [0.15, 0.2) is 24.3 Å². The summed E-state index contributed by atoms with van der Waals surface area (Å²) < 4.78 is 10.4. The summed E-state index contributed by atoms with van der Waals surface area (Å²) in [6.07, 6.45) is 0. The van der Waals surface area contributed by atoms with Crippen molar-refractivity contribution >= 4 is 11.6 Å². The van der Waals surface area contributed by atoms with E-state index in [1.54, 1.807) is 26.4 Å². The Morgan fingerprint density at radius 2 is 1.67 bits per heavy atom. The molecule has 0 radical (unpaired) electrons. The third-order valence-corrected chi connectivity index (χ3v) is 2.54. The molecule has 0 aliphatic heterocycles. The Morgan fingerprint density at radius 1 is 0.944 bits per heavy atom. The fraction of sp³-hybridized carbons (Fsp3) is 0.167. The molecule has 94 valence electrons. The Morgan fingerprint density at radius 3 is 2.33 bits per heavy atom. The van der Waals surface area contributed by atoms with E-state index in [0.717, 1.165) is 5.56 Å². The fourth-order valence-corrected chi connectivity index (χ4v) is 1.65. The first-order valence-corrected chi connectivity index (χ1v) is 5.26. The van der Waals surface area contributed by atoms with Crippen molar-refractivity contribution in [1.82, 2.24) is 10.2 Å². The summed E-state index contributed by atoms with van der Waals surface area (Å²) in [5, 5.41) is 7.47. The largest absolute Gasteiger partial charge is 0.493 e. The van der Waals surface area contributed by atoms with Crippen LogP contribution >= 0.6 is 0 Å². The van der Waals surface area contributed by atoms with Gasteiger partial charge in [-0.25, -0.2) is 0 Å². The van der Waals surface area contributed by atoms with Gasteiger partial charge in [-0.3, -0.25) is 0 Å². The van der Waals surface area contributed by atoms with Crippen molar-refractivity contribution in [2.45, 2.75) is 0 Å². The predicted octanol–water partition coefficient (Wildman–Crippen LogP) is 1.33. The molecule has 0 saturated carbocycles. The highest BCUT2D eigenvalue weighted by Gasteiger charge is 2.10.